The van der Waals surface area contributed by atoms with E-state index in [1.54, 1.807) is 0 Å². The fourth-order valence-corrected chi connectivity index (χ4v) is 1.88. The van der Waals surface area contributed by atoms with Crippen LogP contribution in [-0.4, -0.2) is 6.03 Å². The van der Waals surface area contributed by atoms with Crippen LogP contribution in [0.25, 0.3) is 0 Å². The van der Waals surface area contributed by atoms with E-state index in [1.807, 2.05) is 30.3 Å². The number of hydrogen-bond acceptors (Lipinski definition) is 1. The molecule has 0 bridgehead atoms. The third kappa shape index (κ3) is 3.77. The smallest absolute Gasteiger partial charge is 0.319 e. The van der Waals surface area contributed by atoms with Crippen molar-refractivity contribution >= 4 is 27.6 Å². The van der Waals surface area contributed by atoms with E-state index in [4.69, 9.17) is 0 Å². The van der Waals surface area contributed by atoms with Crippen LogP contribution in [-0.2, 0) is 6.54 Å². The van der Waals surface area contributed by atoms with E-state index in [1.165, 1.54) is 0 Å². The second-order valence-electron chi connectivity index (χ2n) is 4.04. The predicted molar refractivity (Wildman–Crippen MR) is 76.4 cm³/mol. The molecule has 0 aliphatic heterocycles. The molecule has 2 amide bonds. The molecule has 0 radical (unpaired) electrons. The number of amides is 2. The van der Waals surface area contributed by atoms with Crippen LogP contribution in [0, 0.1) is 11.6 Å². The molecular weight excluding hydrogens is 330 g/mol. The largest absolute Gasteiger partial charge is 0.334 e. The zero-order valence-corrected chi connectivity index (χ0v) is 11.9. The normalized spacial score (nSPS) is 10.2. The van der Waals surface area contributed by atoms with Crippen LogP contribution in [0.1, 0.15) is 5.56 Å². The summed E-state index contributed by atoms with van der Waals surface area (Å²) in [5.74, 6) is -1.36. The Morgan fingerprint density at radius 1 is 1.10 bits per heavy atom. The molecule has 6 heteroatoms. The predicted octanol–water partition coefficient (Wildman–Crippen LogP) is 4.05. The number of rotatable bonds is 3. The molecule has 0 aromatic heterocycles. The Morgan fingerprint density at radius 2 is 1.80 bits per heavy atom. The highest BCUT2D eigenvalue weighted by molar-refractivity contribution is 9.10. The standard InChI is InChI=1S/C14H11BrF2N2O/c15-10-6-12(17)13(7-11(10)16)19-14(20)18-8-9-4-2-1-3-5-9/h1-7H,8H2,(H2,18,19,20). The molecule has 0 atom stereocenters. The molecule has 2 aromatic carbocycles. The minimum Gasteiger partial charge on any atom is -0.334 e. The molecule has 0 heterocycles. The first kappa shape index (κ1) is 14.5. The van der Waals surface area contributed by atoms with Gasteiger partial charge in [-0.2, -0.15) is 0 Å². The summed E-state index contributed by atoms with van der Waals surface area (Å²) < 4.78 is 26.8. The molecule has 0 unspecified atom stereocenters. The van der Waals surface area contributed by atoms with Gasteiger partial charge in [-0.25, -0.2) is 13.6 Å². The second-order valence-corrected chi connectivity index (χ2v) is 4.89. The van der Waals surface area contributed by atoms with Crippen molar-refractivity contribution in [2.45, 2.75) is 6.54 Å². The van der Waals surface area contributed by atoms with Crippen molar-refractivity contribution < 1.29 is 13.6 Å². The molecule has 0 saturated carbocycles. The van der Waals surface area contributed by atoms with Gasteiger partial charge in [0, 0.05) is 12.6 Å². The van der Waals surface area contributed by atoms with Crippen LogP contribution >= 0.6 is 15.9 Å². The fraction of sp³-hybridized carbons (Fsp3) is 0.0714. The lowest BCUT2D eigenvalue weighted by Gasteiger charge is -2.09. The molecule has 0 saturated heterocycles. The summed E-state index contributed by atoms with van der Waals surface area (Å²) in [7, 11) is 0. The van der Waals surface area contributed by atoms with Gasteiger partial charge in [0.25, 0.3) is 0 Å². The highest BCUT2D eigenvalue weighted by Gasteiger charge is 2.10. The quantitative estimate of drug-likeness (QED) is 0.813. The van der Waals surface area contributed by atoms with E-state index in [2.05, 4.69) is 26.6 Å². The van der Waals surface area contributed by atoms with Crippen LogP contribution < -0.4 is 10.6 Å². The van der Waals surface area contributed by atoms with E-state index >= 15 is 0 Å². The Morgan fingerprint density at radius 3 is 2.50 bits per heavy atom. The summed E-state index contributed by atoms with van der Waals surface area (Å²) in [5, 5.41) is 4.82. The molecule has 2 aromatic rings. The summed E-state index contributed by atoms with van der Waals surface area (Å²) in [4.78, 5) is 11.6. The highest BCUT2D eigenvalue weighted by Crippen LogP contribution is 2.23. The van der Waals surface area contributed by atoms with Gasteiger partial charge in [0.15, 0.2) is 0 Å². The third-order valence-electron chi connectivity index (χ3n) is 2.55. The zero-order chi connectivity index (χ0) is 14.5. The van der Waals surface area contributed by atoms with E-state index < -0.39 is 17.7 Å². The van der Waals surface area contributed by atoms with Crippen molar-refractivity contribution in [2.75, 3.05) is 5.32 Å². The Bertz CT molecular complexity index is 620. The lowest BCUT2D eigenvalue weighted by Crippen LogP contribution is -2.28. The van der Waals surface area contributed by atoms with Crippen molar-refractivity contribution in [2.24, 2.45) is 0 Å². The summed E-state index contributed by atoms with van der Waals surface area (Å²) in [6, 6.07) is 10.5. The van der Waals surface area contributed by atoms with Gasteiger partial charge in [-0.15, -0.1) is 0 Å². The van der Waals surface area contributed by atoms with Gasteiger partial charge in [-0.05, 0) is 27.6 Å². The molecule has 0 aliphatic rings. The maximum atomic E-state index is 13.5. The van der Waals surface area contributed by atoms with Gasteiger partial charge in [-0.1, -0.05) is 30.3 Å². The molecule has 0 fully saturated rings. The first-order valence-electron chi connectivity index (χ1n) is 5.79. The molecule has 2 N–H and O–H groups in total. The zero-order valence-electron chi connectivity index (χ0n) is 10.3. The summed E-state index contributed by atoms with van der Waals surface area (Å²) in [6.07, 6.45) is 0. The van der Waals surface area contributed by atoms with Crippen molar-refractivity contribution in [3.63, 3.8) is 0 Å². The summed E-state index contributed by atoms with van der Waals surface area (Å²) in [5.41, 5.74) is 0.696. The summed E-state index contributed by atoms with van der Waals surface area (Å²) in [6.45, 7) is 0.299. The number of hydrogen-bond donors (Lipinski definition) is 2. The van der Waals surface area contributed by atoms with Crippen molar-refractivity contribution in [1.82, 2.24) is 5.32 Å². The lowest BCUT2D eigenvalue weighted by molar-refractivity contribution is 0.251. The van der Waals surface area contributed by atoms with Gasteiger partial charge in [0.1, 0.15) is 11.6 Å². The van der Waals surface area contributed by atoms with Crippen LogP contribution in [0.2, 0.25) is 0 Å². The highest BCUT2D eigenvalue weighted by atomic mass is 79.9. The monoisotopic (exact) mass is 340 g/mol. The Balaban J connectivity index is 1.97. The SMILES string of the molecule is O=C(NCc1ccccc1)Nc1cc(F)c(Br)cc1F. The van der Waals surface area contributed by atoms with Gasteiger partial charge in [0.05, 0.1) is 10.2 Å². The van der Waals surface area contributed by atoms with Crippen molar-refractivity contribution in [3.8, 4) is 0 Å². The Hall–Kier alpha value is -1.95. The average molecular weight is 341 g/mol. The van der Waals surface area contributed by atoms with Crippen LogP contribution in [0.15, 0.2) is 46.9 Å². The lowest BCUT2D eigenvalue weighted by atomic mass is 10.2. The fourth-order valence-electron chi connectivity index (χ4n) is 1.56. The Labute approximate surface area is 123 Å². The second kappa shape index (κ2) is 6.47. The van der Waals surface area contributed by atoms with Crippen molar-refractivity contribution in [3.05, 3.63) is 64.1 Å². The van der Waals surface area contributed by atoms with E-state index in [0.717, 1.165) is 17.7 Å². The number of carbonyl (C=O) groups excluding carboxylic acids is 1. The number of benzene rings is 2. The number of carbonyl (C=O) groups is 1. The maximum absolute atomic E-state index is 13.5. The van der Waals surface area contributed by atoms with E-state index in [0.29, 0.717) is 6.54 Å². The minimum absolute atomic E-state index is 0.00486. The molecule has 0 spiro atoms. The van der Waals surface area contributed by atoms with Crippen LogP contribution in [0.3, 0.4) is 0 Å². The first-order valence-corrected chi connectivity index (χ1v) is 6.59. The number of anilines is 1. The van der Waals surface area contributed by atoms with E-state index in [-0.39, 0.29) is 10.2 Å². The van der Waals surface area contributed by atoms with E-state index in [9.17, 15) is 13.6 Å². The van der Waals surface area contributed by atoms with Gasteiger partial charge >= 0.3 is 6.03 Å². The first-order chi connectivity index (χ1) is 9.56. The van der Waals surface area contributed by atoms with Gasteiger partial charge in [-0.3, -0.25) is 0 Å². The third-order valence-corrected chi connectivity index (χ3v) is 3.16. The average Bonchev–Trinajstić information content (AvgIpc) is 2.44. The molecule has 0 aliphatic carbocycles. The maximum Gasteiger partial charge on any atom is 0.319 e. The molecule has 20 heavy (non-hydrogen) atoms. The minimum atomic E-state index is -0.715. The molecule has 104 valence electrons. The number of nitrogens with one attached hydrogen (secondary N) is 2. The van der Waals surface area contributed by atoms with Gasteiger partial charge in [0.2, 0.25) is 0 Å². The number of urea groups is 1. The topological polar surface area (TPSA) is 41.1 Å². The Kier molecular flexibility index (Phi) is 4.68. The molecule has 3 nitrogen and oxygen atoms in total. The van der Waals surface area contributed by atoms with Gasteiger partial charge < -0.3 is 10.6 Å². The van der Waals surface area contributed by atoms with Crippen molar-refractivity contribution in [1.29, 1.82) is 0 Å². The molecular formula is C14H11BrF2N2O. The number of halogens is 3. The van der Waals surface area contributed by atoms with Crippen LogP contribution in [0.4, 0.5) is 19.3 Å². The summed E-state index contributed by atoms with van der Waals surface area (Å²) >= 11 is 2.86. The van der Waals surface area contributed by atoms with Crippen LogP contribution in [0.5, 0.6) is 0 Å². The molecule has 2 rings (SSSR count).